The molecule has 0 bridgehead atoms. The van der Waals surface area contributed by atoms with Gasteiger partial charge in [0, 0.05) is 16.1 Å². The van der Waals surface area contributed by atoms with Gasteiger partial charge in [-0.2, -0.15) is 5.84 Å². The van der Waals surface area contributed by atoms with Gasteiger partial charge in [0.2, 0.25) is 5.28 Å². The first kappa shape index (κ1) is 21.0. The van der Waals surface area contributed by atoms with Crippen molar-refractivity contribution < 1.29 is 28.9 Å². The molecule has 10 heteroatoms. The number of rotatable bonds is 8. The number of benzene rings is 2. The summed E-state index contributed by atoms with van der Waals surface area (Å²) in [7, 11) is 0. The fourth-order valence-corrected chi connectivity index (χ4v) is 2.24. The Balaban J connectivity index is 1.98. The second-order valence-corrected chi connectivity index (χ2v) is 6.47. The van der Waals surface area contributed by atoms with Crippen LogP contribution < -0.4 is 10.6 Å². The van der Waals surface area contributed by atoms with Crippen molar-refractivity contribution in [3.05, 3.63) is 69.9 Å². The molecule has 0 fully saturated rings. The third kappa shape index (κ3) is 5.85. The molecule has 9 nitrogen and oxygen atoms in total. The summed E-state index contributed by atoms with van der Waals surface area (Å²) >= 11 is 5.82. The highest BCUT2D eigenvalue weighted by molar-refractivity contribution is 6.30. The molecular formula is C18H18ClN3O6. The van der Waals surface area contributed by atoms with Gasteiger partial charge in [-0.3, -0.25) is 4.79 Å². The summed E-state index contributed by atoms with van der Waals surface area (Å²) in [6, 6.07) is 12.8. The number of hydrazine groups is 1. The van der Waals surface area contributed by atoms with E-state index in [9.17, 15) is 14.8 Å². The average Bonchev–Trinajstić information content (AvgIpc) is 2.65. The van der Waals surface area contributed by atoms with E-state index in [2.05, 4.69) is 16.0 Å². The summed E-state index contributed by atoms with van der Waals surface area (Å²) in [5.41, 5.74) is -0.402. The van der Waals surface area contributed by atoms with E-state index in [1.54, 1.807) is 48.5 Å². The van der Waals surface area contributed by atoms with Crippen LogP contribution in [0.25, 0.3) is 0 Å². The van der Waals surface area contributed by atoms with Crippen LogP contribution in [0.15, 0.2) is 53.8 Å². The van der Waals surface area contributed by atoms with Crippen LogP contribution in [0.4, 0.5) is 0 Å². The van der Waals surface area contributed by atoms with Crippen LogP contribution in [-0.4, -0.2) is 29.1 Å². The quantitative estimate of drug-likeness (QED) is 0.104. The van der Waals surface area contributed by atoms with Gasteiger partial charge in [-0.05, 0) is 62.4 Å². The van der Waals surface area contributed by atoms with Gasteiger partial charge in [-0.1, -0.05) is 11.6 Å². The van der Waals surface area contributed by atoms with Gasteiger partial charge in [-0.15, -0.1) is 0 Å². The van der Waals surface area contributed by atoms with Crippen molar-refractivity contribution in [2.75, 3.05) is 6.79 Å². The molecule has 0 heterocycles. The van der Waals surface area contributed by atoms with Crippen LogP contribution >= 0.6 is 11.6 Å². The number of carbonyl (C=O) groups excluding carboxylic acids is 2. The topological polar surface area (TPSA) is 126 Å². The van der Waals surface area contributed by atoms with Crippen LogP contribution in [0.1, 0.15) is 29.8 Å². The molecule has 2 rings (SSSR count). The summed E-state index contributed by atoms with van der Waals surface area (Å²) in [5, 5.41) is 13.7. The zero-order valence-corrected chi connectivity index (χ0v) is 15.9. The zero-order chi connectivity index (χ0) is 20.7. The van der Waals surface area contributed by atoms with Crippen molar-refractivity contribution in [3.8, 4) is 5.75 Å². The third-order valence-corrected chi connectivity index (χ3v) is 3.72. The second-order valence-electron chi connectivity index (χ2n) is 6.04. The van der Waals surface area contributed by atoms with Crippen molar-refractivity contribution in [2.45, 2.75) is 19.4 Å². The summed E-state index contributed by atoms with van der Waals surface area (Å²) < 4.78 is 10.4. The predicted molar refractivity (Wildman–Crippen MR) is 98.3 cm³/mol. The van der Waals surface area contributed by atoms with E-state index in [-0.39, 0.29) is 10.8 Å². The fourth-order valence-electron chi connectivity index (χ4n) is 2.11. The normalized spacial score (nSPS) is 11.6. The molecule has 2 N–H and O–H groups in total. The van der Waals surface area contributed by atoms with E-state index in [0.29, 0.717) is 21.9 Å². The van der Waals surface area contributed by atoms with Crippen LogP contribution in [0.2, 0.25) is 5.02 Å². The van der Waals surface area contributed by atoms with Gasteiger partial charge in [0.15, 0.2) is 11.4 Å². The van der Waals surface area contributed by atoms with Gasteiger partial charge < -0.3 is 19.5 Å². The Hall–Kier alpha value is -3.33. The van der Waals surface area contributed by atoms with Crippen LogP contribution in [0.3, 0.4) is 0 Å². The van der Waals surface area contributed by atoms with E-state index < -0.39 is 18.4 Å². The van der Waals surface area contributed by atoms with E-state index in [1.165, 1.54) is 13.8 Å². The Morgan fingerprint density at radius 3 is 2.18 bits per heavy atom. The molecule has 0 spiro atoms. The molecule has 0 unspecified atom stereocenters. The fraction of sp³-hybridized carbons (Fsp3) is 0.222. The van der Waals surface area contributed by atoms with E-state index in [1.807, 2.05) is 0 Å². The first-order valence-electron chi connectivity index (χ1n) is 8.00. The summed E-state index contributed by atoms with van der Waals surface area (Å²) in [6.07, 6.45) is 0. The van der Waals surface area contributed by atoms with Gasteiger partial charge in [0.05, 0.1) is 4.97 Å². The van der Waals surface area contributed by atoms with Crippen molar-refractivity contribution in [3.63, 3.8) is 0 Å². The lowest BCUT2D eigenvalue weighted by molar-refractivity contribution is -0.571. The van der Waals surface area contributed by atoms with E-state index in [4.69, 9.17) is 21.1 Å². The lowest BCUT2D eigenvalue weighted by Gasteiger charge is -2.23. The van der Waals surface area contributed by atoms with Gasteiger partial charge in [-0.25, -0.2) is 4.79 Å². The molecule has 28 heavy (non-hydrogen) atoms. The SMILES string of the molecule is CC(C)(Oc1ccc(C(=O)c2ccc(Cl)cc2)cc1)C(=O)OCO/N=[N+](/N)[O-]. The van der Waals surface area contributed by atoms with Crippen LogP contribution in [0.5, 0.6) is 5.75 Å². The highest BCUT2D eigenvalue weighted by atomic mass is 35.5. The Bertz CT molecular complexity index is 862. The number of nitrogens with zero attached hydrogens (tertiary/aromatic N) is 2. The Labute approximate surface area is 165 Å². The molecule has 0 aliphatic rings. The second kappa shape index (κ2) is 9.05. The molecule has 0 saturated carbocycles. The number of halogens is 1. The highest BCUT2D eigenvalue weighted by Gasteiger charge is 2.32. The lowest BCUT2D eigenvalue weighted by Crippen LogP contribution is -2.40. The monoisotopic (exact) mass is 407 g/mol. The minimum atomic E-state index is -1.36. The smallest absolute Gasteiger partial charge is 0.352 e. The maximum atomic E-state index is 12.4. The van der Waals surface area contributed by atoms with Crippen molar-refractivity contribution >= 4 is 23.4 Å². The summed E-state index contributed by atoms with van der Waals surface area (Å²) in [6.45, 7) is 2.38. The average molecular weight is 408 g/mol. The molecule has 0 aliphatic heterocycles. The number of hydrogen-bond acceptors (Lipinski definition) is 7. The van der Waals surface area contributed by atoms with Gasteiger partial charge in [0.1, 0.15) is 5.75 Å². The largest absolute Gasteiger partial charge is 0.569 e. The molecular weight excluding hydrogens is 390 g/mol. The minimum absolute atomic E-state index is 0.171. The Morgan fingerprint density at radius 1 is 1.11 bits per heavy atom. The minimum Gasteiger partial charge on any atom is -0.569 e. The number of nitrogens with two attached hydrogens (primary N) is 1. The number of esters is 1. The predicted octanol–water partition coefficient (Wildman–Crippen LogP) is 3.00. The number of hydrogen-bond donors (Lipinski definition) is 1. The standard InChI is InChI=1S/C18H18ClN3O6/c1-18(2,17(24)26-11-27-21-22(20)25)28-15-9-5-13(6-10-15)16(23)12-3-7-14(19)8-4-12/h3-10H,11H2,1-2H3,(H2,20,21). The zero-order valence-electron chi connectivity index (χ0n) is 15.1. The highest BCUT2D eigenvalue weighted by Crippen LogP contribution is 2.22. The first-order chi connectivity index (χ1) is 13.2. The number of ketones is 1. The number of carbonyl (C=O) groups is 2. The molecule has 148 valence electrons. The molecule has 0 aromatic heterocycles. The van der Waals surface area contributed by atoms with E-state index >= 15 is 0 Å². The Morgan fingerprint density at radius 2 is 1.64 bits per heavy atom. The lowest BCUT2D eigenvalue weighted by atomic mass is 10.0. The van der Waals surface area contributed by atoms with Crippen LogP contribution in [-0.2, 0) is 14.4 Å². The van der Waals surface area contributed by atoms with Gasteiger partial charge in [0.25, 0.3) is 6.79 Å². The maximum absolute atomic E-state index is 12.4. The van der Waals surface area contributed by atoms with Crippen molar-refractivity contribution in [1.82, 2.24) is 0 Å². The summed E-state index contributed by atoms with van der Waals surface area (Å²) in [5.74, 6) is 4.10. The summed E-state index contributed by atoms with van der Waals surface area (Å²) in [4.78, 5) is 28.5. The molecule has 0 atom stereocenters. The molecule has 0 aliphatic carbocycles. The van der Waals surface area contributed by atoms with Gasteiger partial charge >= 0.3 is 5.97 Å². The van der Waals surface area contributed by atoms with E-state index in [0.717, 1.165) is 0 Å². The number of ether oxygens (including phenoxy) is 2. The first-order valence-corrected chi connectivity index (χ1v) is 8.38. The van der Waals surface area contributed by atoms with Crippen LogP contribution in [0, 0.1) is 5.21 Å². The third-order valence-electron chi connectivity index (χ3n) is 3.47. The van der Waals surface area contributed by atoms with Crippen molar-refractivity contribution in [1.29, 1.82) is 0 Å². The molecule has 0 amide bonds. The molecule has 0 saturated heterocycles. The molecule has 2 aromatic carbocycles. The Kier molecular flexibility index (Phi) is 6.78. The molecule has 0 radical (unpaired) electrons. The molecule has 2 aromatic rings. The van der Waals surface area contributed by atoms with Crippen molar-refractivity contribution in [2.24, 2.45) is 11.1 Å². The maximum Gasteiger partial charge on any atom is 0.352 e.